The van der Waals surface area contributed by atoms with Gasteiger partial charge in [-0.3, -0.25) is 4.79 Å². The van der Waals surface area contributed by atoms with E-state index in [1.54, 1.807) is 0 Å². The van der Waals surface area contributed by atoms with Crippen molar-refractivity contribution in [2.45, 2.75) is 0 Å². The summed E-state index contributed by atoms with van der Waals surface area (Å²) in [5.41, 5.74) is 0. The van der Waals surface area contributed by atoms with Gasteiger partial charge in [-0.15, -0.1) is 24.8 Å². The van der Waals surface area contributed by atoms with E-state index in [1.807, 2.05) is 4.90 Å². The summed E-state index contributed by atoms with van der Waals surface area (Å²) in [6, 6.07) is 0. The maximum atomic E-state index is 11.8. The van der Waals surface area contributed by atoms with Crippen molar-refractivity contribution in [3.8, 4) is 0 Å². The summed E-state index contributed by atoms with van der Waals surface area (Å²) in [5, 5.41) is 3.13. The Morgan fingerprint density at radius 3 is 2.07 bits per heavy atom. The summed E-state index contributed by atoms with van der Waals surface area (Å²) in [6.45, 7) is 5.62. The van der Waals surface area contributed by atoms with E-state index >= 15 is 0 Å². The maximum absolute atomic E-state index is 11.8. The first-order valence-electron chi connectivity index (χ1n) is 4.95. The number of likely N-dealkylation sites (N-methyl/N-ethyl adjacent to an activating group) is 1. The Balaban J connectivity index is 0.000000980. The molecule has 2 fully saturated rings. The molecule has 2 saturated heterocycles. The van der Waals surface area contributed by atoms with Gasteiger partial charge in [0.05, 0.1) is 5.92 Å². The molecule has 1 N–H and O–H groups in total. The van der Waals surface area contributed by atoms with Crippen molar-refractivity contribution in [2.75, 3.05) is 46.3 Å². The number of carbonyl (C=O) groups is 1. The lowest BCUT2D eigenvalue weighted by Crippen LogP contribution is -2.56. The molecule has 0 bridgehead atoms. The summed E-state index contributed by atoms with van der Waals surface area (Å²) in [7, 11) is 2.10. The topological polar surface area (TPSA) is 35.6 Å². The lowest BCUT2D eigenvalue weighted by Gasteiger charge is -2.37. The molecule has 0 radical (unpaired) electrons. The van der Waals surface area contributed by atoms with Crippen molar-refractivity contribution in [3.63, 3.8) is 0 Å². The molecule has 15 heavy (non-hydrogen) atoms. The molecule has 0 aromatic heterocycles. The number of rotatable bonds is 1. The van der Waals surface area contributed by atoms with E-state index in [0.717, 1.165) is 39.3 Å². The quantitative estimate of drug-likeness (QED) is 0.707. The van der Waals surface area contributed by atoms with Crippen LogP contribution in [0.5, 0.6) is 0 Å². The van der Waals surface area contributed by atoms with Crippen LogP contribution in [0.15, 0.2) is 0 Å². The fourth-order valence-electron chi connectivity index (χ4n) is 1.75. The Morgan fingerprint density at radius 2 is 1.67 bits per heavy atom. The van der Waals surface area contributed by atoms with Gasteiger partial charge in [-0.2, -0.15) is 0 Å². The second kappa shape index (κ2) is 6.53. The van der Waals surface area contributed by atoms with Gasteiger partial charge in [0.1, 0.15) is 0 Å². The summed E-state index contributed by atoms with van der Waals surface area (Å²) in [4.78, 5) is 16.0. The van der Waals surface area contributed by atoms with Gasteiger partial charge >= 0.3 is 0 Å². The highest BCUT2D eigenvalue weighted by Crippen LogP contribution is 2.10. The number of nitrogens with one attached hydrogen (secondary N) is 1. The average molecular weight is 256 g/mol. The maximum Gasteiger partial charge on any atom is 0.228 e. The summed E-state index contributed by atoms with van der Waals surface area (Å²) >= 11 is 0. The van der Waals surface area contributed by atoms with Gasteiger partial charge < -0.3 is 15.1 Å². The number of hydrogen-bond acceptors (Lipinski definition) is 3. The second-order valence-electron chi connectivity index (χ2n) is 3.98. The Morgan fingerprint density at radius 1 is 1.13 bits per heavy atom. The number of hydrogen-bond donors (Lipinski definition) is 1. The summed E-state index contributed by atoms with van der Waals surface area (Å²) in [5.74, 6) is 0.621. The molecule has 2 aliphatic rings. The molecule has 2 aliphatic heterocycles. The molecular formula is C9H19Cl2N3O. The zero-order valence-electron chi connectivity index (χ0n) is 8.94. The Kier molecular flexibility index (Phi) is 6.52. The van der Waals surface area contributed by atoms with Crippen LogP contribution in [0.2, 0.25) is 0 Å². The molecule has 0 atom stereocenters. The van der Waals surface area contributed by atoms with Crippen molar-refractivity contribution in [1.29, 1.82) is 0 Å². The molecule has 6 heteroatoms. The van der Waals surface area contributed by atoms with E-state index in [9.17, 15) is 4.79 Å². The SMILES string of the molecule is CN1CCN(C(=O)C2CNC2)CC1.Cl.Cl. The number of carbonyl (C=O) groups excluding carboxylic acids is 1. The van der Waals surface area contributed by atoms with E-state index in [4.69, 9.17) is 0 Å². The second-order valence-corrected chi connectivity index (χ2v) is 3.98. The van der Waals surface area contributed by atoms with Gasteiger partial charge in [0.2, 0.25) is 5.91 Å². The third-order valence-electron chi connectivity index (χ3n) is 2.95. The first kappa shape index (κ1) is 15.0. The van der Waals surface area contributed by atoms with Crippen LogP contribution in [0.4, 0.5) is 0 Å². The standard InChI is InChI=1S/C9H17N3O.2ClH/c1-11-2-4-12(5-3-11)9(13)8-6-10-7-8;;/h8,10H,2-7H2,1H3;2*1H. The first-order valence-corrected chi connectivity index (χ1v) is 4.95. The van der Waals surface area contributed by atoms with Crippen molar-refractivity contribution >= 4 is 30.7 Å². The molecular weight excluding hydrogens is 237 g/mol. The largest absolute Gasteiger partial charge is 0.340 e. The van der Waals surface area contributed by atoms with E-state index in [0.29, 0.717) is 5.91 Å². The molecule has 0 aliphatic carbocycles. The zero-order chi connectivity index (χ0) is 9.26. The molecule has 1 amide bonds. The van der Waals surface area contributed by atoms with E-state index in [2.05, 4.69) is 17.3 Å². The van der Waals surface area contributed by atoms with Gasteiger partial charge in [0, 0.05) is 39.3 Å². The normalized spacial score (nSPS) is 22.3. The molecule has 4 nitrogen and oxygen atoms in total. The Labute approximate surface area is 103 Å². The highest BCUT2D eigenvalue weighted by molar-refractivity contribution is 5.85. The smallest absolute Gasteiger partial charge is 0.228 e. The monoisotopic (exact) mass is 255 g/mol. The van der Waals surface area contributed by atoms with Gasteiger partial charge in [0.15, 0.2) is 0 Å². The van der Waals surface area contributed by atoms with E-state index in [1.165, 1.54) is 0 Å². The lowest BCUT2D eigenvalue weighted by atomic mass is 10.0. The van der Waals surface area contributed by atoms with Gasteiger partial charge in [-0.25, -0.2) is 0 Å². The third-order valence-corrected chi connectivity index (χ3v) is 2.95. The number of amides is 1. The minimum absolute atomic E-state index is 0. The van der Waals surface area contributed by atoms with Crippen LogP contribution in [0.25, 0.3) is 0 Å². The molecule has 0 aromatic rings. The summed E-state index contributed by atoms with van der Waals surface area (Å²) < 4.78 is 0. The van der Waals surface area contributed by atoms with Crippen molar-refractivity contribution in [3.05, 3.63) is 0 Å². The van der Waals surface area contributed by atoms with Crippen LogP contribution in [0.3, 0.4) is 0 Å². The van der Waals surface area contributed by atoms with Crippen molar-refractivity contribution < 1.29 is 4.79 Å². The van der Waals surface area contributed by atoms with E-state index < -0.39 is 0 Å². The number of piperazine rings is 1. The Hall–Kier alpha value is -0.0300. The molecule has 2 heterocycles. The van der Waals surface area contributed by atoms with Crippen LogP contribution in [0.1, 0.15) is 0 Å². The molecule has 90 valence electrons. The van der Waals surface area contributed by atoms with Crippen LogP contribution in [0, 0.1) is 5.92 Å². The molecule has 0 aromatic carbocycles. The molecule has 0 unspecified atom stereocenters. The molecule has 2 rings (SSSR count). The van der Waals surface area contributed by atoms with Crippen molar-refractivity contribution in [1.82, 2.24) is 15.1 Å². The zero-order valence-corrected chi connectivity index (χ0v) is 10.6. The van der Waals surface area contributed by atoms with Gasteiger partial charge in [-0.05, 0) is 7.05 Å². The van der Waals surface area contributed by atoms with Crippen molar-refractivity contribution in [2.24, 2.45) is 5.92 Å². The Bertz CT molecular complexity index is 204. The summed E-state index contributed by atoms with van der Waals surface area (Å²) in [6.07, 6.45) is 0. The van der Waals surface area contributed by atoms with E-state index in [-0.39, 0.29) is 30.7 Å². The predicted molar refractivity (Wildman–Crippen MR) is 64.9 cm³/mol. The first-order chi connectivity index (χ1) is 6.27. The van der Waals surface area contributed by atoms with Crippen LogP contribution >= 0.6 is 24.8 Å². The predicted octanol–water partition coefficient (Wildman–Crippen LogP) is -0.177. The highest BCUT2D eigenvalue weighted by atomic mass is 35.5. The third kappa shape index (κ3) is 3.48. The molecule has 0 spiro atoms. The molecule has 0 saturated carbocycles. The van der Waals surface area contributed by atoms with Crippen LogP contribution < -0.4 is 5.32 Å². The minimum Gasteiger partial charge on any atom is -0.340 e. The number of nitrogens with zero attached hydrogens (tertiary/aromatic N) is 2. The highest BCUT2D eigenvalue weighted by Gasteiger charge is 2.30. The average Bonchev–Trinajstić information content (AvgIpc) is 2.02. The number of halogens is 2. The fraction of sp³-hybridized carbons (Fsp3) is 0.889. The lowest BCUT2D eigenvalue weighted by molar-refractivity contribution is -0.138. The van der Waals surface area contributed by atoms with Gasteiger partial charge in [0.25, 0.3) is 0 Å². The van der Waals surface area contributed by atoms with Crippen LogP contribution in [-0.2, 0) is 4.79 Å². The fourth-order valence-corrected chi connectivity index (χ4v) is 1.75. The van der Waals surface area contributed by atoms with Crippen LogP contribution in [-0.4, -0.2) is 62.0 Å². The minimum atomic E-state index is 0. The van der Waals surface area contributed by atoms with Gasteiger partial charge in [-0.1, -0.05) is 0 Å².